The third-order valence-corrected chi connectivity index (χ3v) is 3.54. The van der Waals surface area contributed by atoms with Gasteiger partial charge in [0.1, 0.15) is 0 Å². The van der Waals surface area contributed by atoms with Crippen LogP contribution in [0.3, 0.4) is 0 Å². The molecular formula is C15H19ClN4O2. The molecule has 1 aromatic carbocycles. The van der Waals surface area contributed by atoms with E-state index in [1.54, 1.807) is 6.92 Å². The Hall–Kier alpha value is -1.92. The average Bonchev–Trinajstić information content (AvgIpc) is 2.77. The normalized spacial score (nSPS) is 15.0. The molecule has 2 heterocycles. The third kappa shape index (κ3) is 3.45. The highest BCUT2D eigenvalue weighted by molar-refractivity contribution is 6.00. The molecule has 1 saturated heterocycles. The standard InChI is InChI=1S/C15H18N4O2.ClH/c1-11-17-14(21-18-11)12-5-2-3-6-13(12)15(20)19-9-4-7-16-8-10-19;/h2-3,5-6,16H,4,7-10H2,1H3;1H. The molecule has 3 rings (SSSR count). The number of hydrogen-bond acceptors (Lipinski definition) is 5. The molecule has 7 heteroatoms. The van der Waals surface area contributed by atoms with Crippen LogP contribution in [0.4, 0.5) is 0 Å². The first-order valence-corrected chi connectivity index (χ1v) is 7.15. The molecule has 1 aliphatic heterocycles. The van der Waals surface area contributed by atoms with Crippen LogP contribution in [0.1, 0.15) is 22.6 Å². The molecule has 6 nitrogen and oxygen atoms in total. The Morgan fingerprint density at radius 2 is 2.09 bits per heavy atom. The average molecular weight is 323 g/mol. The zero-order valence-corrected chi connectivity index (χ0v) is 13.2. The van der Waals surface area contributed by atoms with E-state index in [1.807, 2.05) is 29.2 Å². The van der Waals surface area contributed by atoms with Gasteiger partial charge in [-0.25, -0.2) is 0 Å². The van der Waals surface area contributed by atoms with Crippen LogP contribution in [-0.4, -0.2) is 47.1 Å². The van der Waals surface area contributed by atoms with Crippen molar-refractivity contribution < 1.29 is 9.32 Å². The Bertz CT molecular complexity index is 636. The second kappa shape index (κ2) is 7.38. The Kier molecular flexibility index (Phi) is 5.51. The minimum Gasteiger partial charge on any atom is -0.337 e. The highest BCUT2D eigenvalue weighted by atomic mass is 35.5. The summed E-state index contributed by atoms with van der Waals surface area (Å²) in [4.78, 5) is 18.9. The lowest BCUT2D eigenvalue weighted by Gasteiger charge is -2.20. The predicted octanol–water partition coefficient (Wildman–Crippen LogP) is 1.90. The van der Waals surface area contributed by atoms with Gasteiger partial charge in [0.15, 0.2) is 5.82 Å². The summed E-state index contributed by atoms with van der Waals surface area (Å²) >= 11 is 0. The summed E-state index contributed by atoms with van der Waals surface area (Å²) in [6.07, 6.45) is 0.966. The van der Waals surface area contributed by atoms with Gasteiger partial charge in [-0.05, 0) is 32.0 Å². The number of aromatic nitrogens is 2. The van der Waals surface area contributed by atoms with Gasteiger partial charge in [-0.15, -0.1) is 12.4 Å². The lowest BCUT2D eigenvalue weighted by Crippen LogP contribution is -2.34. The number of halogens is 1. The summed E-state index contributed by atoms with van der Waals surface area (Å²) in [5.41, 5.74) is 1.31. The highest BCUT2D eigenvalue weighted by Crippen LogP contribution is 2.23. The summed E-state index contributed by atoms with van der Waals surface area (Å²) in [6, 6.07) is 7.39. The van der Waals surface area contributed by atoms with Gasteiger partial charge < -0.3 is 14.7 Å². The van der Waals surface area contributed by atoms with Crippen molar-refractivity contribution in [3.05, 3.63) is 35.7 Å². The van der Waals surface area contributed by atoms with Crippen molar-refractivity contribution in [1.29, 1.82) is 0 Å². The third-order valence-electron chi connectivity index (χ3n) is 3.54. The minimum atomic E-state index is 0. The molecule has 1 N–H and O–H groups in total. The number of hydrogen-bond donors (Lipinski definition) is 1. The number of carbonyl (C=O) groups excluding carboxylic acids is 1. The van der Waals surface area contributed by atoms with Crippen LogP contribution in [-0.2, 0) is 0 Å². The predicted molar refractivity (Wildman–Crippen MR) is 85.1 cm³/mol. The number of nitrogens with zero attached hydrogens (tertiary/aromatic N) is 3. The molecular weight excluding hydrogens is 304 g/mol. The van der Waals surface area contributed by atoms with Gasteiger partial charge >= 0.3 is 0 Å². The van der Waals surface area contributed by atoms with Gasteiger partial charge in [-0.2, -0.15) is 4.98 Å². The second-order valence-electron chi connectivity index (χ2n) is 5.09. The highest BCUT2D eigenvalue weighted by Gasteiger charge is 2.22. The van der Waals surface area contributed by atoms with Crippen molar-refractivity contribution in [3.8, 4) is 11.5 Å². The summed E-state index contributed by atoms with van der Waals surface area (Å²) in [5.74, 6) is 0.973. The van der Waals surface area contributed by atoms with Crippen molar-refractivity contribution in [2.45, 2.75) is 13.3 Å². The van der Waals surface area contributed by atoms with Gasteiger partial charge in [-0.1, -0.05) is 17.3 Å². The molecule has 0 atom stereocenters. The van der Waals surface area contributed by atoms with E-state index in [4.69, 9.17) is 4.52 Å². The molecule has 0 bridgehead atoms. The first-order valence-electron chi connectivity index (χ1n) is 7.15. The lowest BCUT2D eigenvalue weighted by molar-refractivity contribution is 0.0767. The SMILES string of the molecule is Cc1noc(-c2ccccc2C(=O)N2CCCNCC2)n1.Cl. The molecule has 1 amide bonds. The first kappa shape index (κ1) is 16.5. The molecule has 118 valence electrons. The quantitative estimate of drug-likeness (QED) is 0.914. The van der Waals surface area contributed by atoms with Gasteiger partial charge in [0, 0.05) is 19.6 Å². The van der Waals surface area contributed by atoms with Crippen molar-refractivity contribution in [2.24, 2.45) is 0 Å². The van der Waals surface area contributed by atoms with Crippen molar-refractivity contribution >= 4 is 18.3 Å². The zero-order valence-electron chi connectivity index (χ0n) is 12.4. The Labute approximate surface area is 135 Å². The number of benzene rings is 1. The van der Waals surface area contributed by atoms with Crippen LogP contribution >= 0.6 is 12.4 Å². The number of carbonyl (C=O) groups is 1. The van der Waals surface area contributed by atoms with E-state index in [1.165, 1.54) is 0 Å². The van der Waals surface area contributed by atoms with Crippen LogP contribution in [0, 0.1) is 6.92 Å². The van der Waals surface area contributed by atoms with E-state index in [-0.39, 0.29) is 18.3 Å². The molecule has 1 aliphatic rings. The van der Waals surface area contributed by atoms with Crippen LogP contribution in [0.2, 0.25) is 0 Å². The summed E-state index contributed by atoms with van der Waals surface area (Å²) in [5, 5.41) is 7.10. The molecule has 22 heavy (non-hydrogen) atoms. The second-order valence-corrected chi connectivity index (χ2v) is 5.09. The molecule has 0 spiro atoms. The number of nitrogens with one attached hydrogen (secondary N) is 1. The van der Waals surface area contributed by atoms with E-state index in [0.717, 1.165) is 32.6 Å². The zero-order chi connectivity index (χ0) is 14.7. The van der Waals surface area contributed by atoms with Gasteiger partial charge in [0.05, 0.1) is 11.1 Å². The minimum absolute atomic E-state index is 0. The molecule has 0 aliphatic carbocycles. The van der Waals surface area contributed by atoms with Crippen LogP contribution in [0.15, 0.2) is 28.8 Å². The van der Waals surface area contributed by atoms with Gasteiger partial charge in [0.25, 0.3) is 11.8 Å². The van der Waals surface area contributed by atoms with E-state index in [0.29, 0.717) is 22.8 Å². The van der Waals surface area contributed by atoms with E-state index >= 15 is 0 Å². The van der Waals surface area contributed by atoms with Crippen LogP contribution in [0.25, 0.3) is 11.5 Å². The van der Waals surface area contributed by atoms with E-state index < -0.39 is 0 Å². The maximum Gasteiger partial charge on any atom is 0.258 e. The lowest BCUT2D eigenvalue weighted by atomic mass is 10.1. The molecule has 1 aromatic heterocycles. The number of aryl methyl sites for hydroxylation is 1. The van der Waals surface area contributed by atoms with Crippen LogP contribution < -0.4 is 5.32 Å². The molecule has 2 aromatic rings. The number of amides is 1. The number of rotatable bonds is 2. The topological polar surface area (TPSA) is 71.3 Å². The Morgan fingerprint density at radius 1 is 1.27 bits per heavy atom. The fourth-order valence-electron chi connectivity index (χ4n) is 2.48. The van der Waals surface area contributed by atoms with Crippen molar-refractivity contribution in [1.82, 2.24) is 20.4 Å². The van der Waals surface area contributed by atoms with Gasteiger partial charge in [0.2, 0.25) is 0 Å². The maximum absolute atomic E-state index is 12.8. The maximum atomic E-state index is 12.8. The fourth-order valence-corrected chi connectivity index (χ4v) is 2.48. The smallest absolute Gasteiger partial charge is 0.258 e. The van der Waals surface area contributed by atoms with E-state index in [2.05, 4.69) is 15.5 Å². The van der Waals surface area contributed by atoms with Crippen molar-refractivity contribution in [2.75, 3.05) is 26.2 Å². The van der Waals surface area contributed by atoms with Crippen molar-refractivity contribution in [3.63, 3.8) is 0 Å². The summed E-state index contributed by atoms with van der Waals surface area (Å²) < 4.78 is 5.21. The monoisotopic (exact) mass is 322 g/mol. The largest absolute Gasteiger partial charge is 0.337 e. The van der Waals surface area contributed by atoms with Crippen LogP contribution in [0.5, 0.6) is 0 Å². The first-order chi connectivity index (χ1) is 10.3. The Balaban J connectivity index is 0.00000176. The summed E-state index contributed by atoms with van der Waals surface area (Å²) in [6.45, 7) is 5.03. The molecule has 1 fully saturated rings. The Morgan fingerprint density at radius 3 is 2.86 bits per heavy atom. The molecule has 0 radical (unpaired) electrons. The van der Waals surface area contributed by atoms with Gasteiger partial charge in [-0.3, -0.25) is 4.79 Å². The molecule has 0 saturated carbocycles. The fraction of sp³-hybridized carbons (Fsp3) is 0.400. The summed E-state index contributed by atoms with van der Waals surface area (Å²) in [7, 11) is 0. The molecule has 0 unspecified atom stereocenters. The van der Waals surface area contributed by atoms with E-state index in [9.17, 15) is 4.79 Å².